The van der Waals surface area contributed by atoms with E-state index >= 15 is 0 Å². The number of nitrogens with zero attached hydrogens (tertiary/aromatic N) is 4. The maximum absolute atomic E-state index is 12.9. The van der Waals surface area contributed by atoms with Crippen LogP contribution in [0.5, 0.6) is 5.75 Å². The van der Waals surface area contributed by atoms with E-state index in [0.29, 0.717) is 28.6 Å². The van der Waals surface area contributed by atoms with Gasteiger partial charge in [0.2, 0.25) is 11.8 Å². The minimum Gasteiger partial charge on any atom is -0.497 e. The quantitative estimate of drug-likeness (QED) is 0.532. The fraction of sp³-hybridized carbons (Fsp3) is 0.409. The van der Waals surface area contributed by atoms with Gasteiger partial charge in [-0.2, -0.15) is 4.98 Å². The van der Waals surface area contributed by atoms with Crippen molar-refractivity contribution in [3.8, 4) is 5.75 Å². The SMILES string of the molecule is CNC(=O)C1CCCN(c2nc3ncn(CC(=O)NCc4ccc(OC)cc4)c(=O)c3s2)C1. The first-order valence-corrected chi connectivity index (χ1v) is 11.5. The zero-order valence-electron chi connectivity index (χ0n) is 18.5. The molecule has 0 bridgehead atoms. The number of carbonyl (C=O) groups excluding carboxylic acids is 2. The van der Waals surface area contributed by atoms with E-state index < -0.39 is 0 Å². The maximum atomic E-state index is 12.9. The van der Waals surface area contributed by atoms with E-state index in [0.717, 1.165) is 30.7 Å². The second kappa shape index (κ2) is 9.99. The summed E-state index contributed by atoms with van der Waals surface area (Å²) in [4.78, 5) is 48.2. The third-order valence-electron chi connectivity index (χ3n) is 5.64. The lowest BCUT2D eigenvalue weighted by molar-refractivity contribution is -0.124. The summed E-state index contributed by atoms with van der Waals surface area (Å²) in [5, 5.41) is 6.19. The molecule has 174 valence electrons. The lowest BCUT2D eigenvalue weighted by atomic mass is 9.98. The summed E-state index contributed by atoms with van der Waals surface area (Å²) >= 11 is 1.25. The predicted octanol–water partition coefficient (Wildman–Crippen LogP) is 1.14. The fourth-order valence-corrected chi connectivity index (χ4v) is 4.81. The first-order chi connectivity index (χ1) is 16.0. The van der Waals surface area contributed by atoms with Gasteiger partial charge in [0.05, 0.1) is 13.0 Å². The van der Waals surface area contributed by atoms with Gasteiger partial charge in [0.15, 0.2) is 10.8 Å². The van der Waals surface area contributed by atoms with E-state index in [2.05, 4.69) is 20.6 Å². The Morgan fingerprint density at radius 1 is 1.27 bits per heavy atom. The number of methoxy groups -OCH3 is 1. The number of thiazole rings is 1. The molecule has 2 N–H and O–H groups in total. The molecule has 1 atom stereocenters. The third-order valence-corrected chi connectivity index (χ3v) is 6.74. The lowest BCUT2D eigenvalue weighted by Crippen LogP contribution is -2.42. The fourth-order valence-electron chi connectivity index (χ4n) is 3.81. The summed E-state index contributed by atoms with van der Waals surface area (Å²) in [5.41, 5.74) is 0.980. The van der Waals surface area contributed by atoms with Crippen LogP contribution in [0.2, 0.25) is 0 Å². The molecule has 1 saturated heterocycles. The summed E-state index contributed by atoms with van der Waals surface area (Å²) < 4.78 is 6.82. The Morgan fingerprint density at radius 2 is 2.06 bits per heavy atom. The number of rotatable bonds is 7. The van der Waals surface area contributed by atoms with E-state index in [9.17, 15) is 14.4 Å². The van der Waals surface area contributed by atoms with Crippen molar-refractivity contribution in [2.45, 2.75) is 25.9 Å². The minimum absolute atomic E-state index is 0.0157. The van der Waals surface area contributed by atoms with Crippen molar-refractivity contribution in [3.63, 3.8) is 0 Å². The van der Waals surface area contributed by atoms with E-state index in [4.69, 9.17) is 4.74 Å². The Kier molecular flexibility index (Phi) is 6.87. The van der Waals surface area contributed by atoms with Gasteiger partial charge < -0.3 is 20.3 Å². The Balaban J connectivity index is 1.43. The van der Waals surface area contributed by atoms with E-state index in [1.165, 1.54) is 22.2 Å². The Bertz CT molecular complexity index is 1210. The summed E-state index contributed by atoms with van der Waals surface area (Å²) in [5.74, 6) is 0.369. The van der Waals surface area contributed by atoms with Crippen LogP contribution >= 0.6 is 11.3 Å². The molecule has 1 fully saturated rings. The largest absolute Gasteiger partial charge is 0.497 e. The van der Waals surface area contributed by atoms with Crippen LogP contribution in [0.3, 0.4) is 0 Å². The van der Waals surface area contributed by atoms with Crippen LogP contribution in [-0.4, -0.2) is 53.6 Å². The molecule has 11 heteroatoms. The Morgan fingerprint density at radius 3 is 2.79 bits per heavy atom. The molecule has 1 aromatic carbocycles. The van der Waals surface area contributed by atoms with Crippen LogP contribution < -0.4 is 25.8 Å². The van der Waals surface area contributed by atoms with Gasteiger partial charge in [-0.05, 0) is 30.5 Å². The molecular weight excluding hydrogens is 444 g/mol. The highest BCUT2D eigenvalue weighted by molar-refractivity contribution is 7.22. The topological polar surface area (TPSA) is 118 Å². The van der Waals surface area contributed by atoms with Crippen LogP contribution in [0, 0.1) is 5.92 Å². The number of carbonyl (C=O) groups is 2. The number of hydrogen-bond donors (Lipinski definition) is 2. The molecule has 33 heavy (non-hydrogen) atoms. The van der Waals surface area contributed by atoms with Gasteiger partial charge in [0.1, 0.15) is 23.3 Å². The summed E-state index contributed by atoms with van der Waals surface area (Å²) in [6.07, 6.45) is 3.06. The summed E-state index contributed by atoms with van der Waals surface area (Å²) in [6, 6.07) is 7.38. The molecule has 2 amide bonds. The van der Waals surface area contributed by atoms with Crippen LogP contribution in [0.1, 0.15) is 18.4 Å². The highest BCUT2D eigenvalue weighted by Gasteiger charge is 2.27. The second-order valence-corrected chi connectivity index (χ2v) is 8.83. The van der Waals surface area contributed by atoms with E-state index in [-0.39, 0.29) is 29.8 Å². The standard InChI is InChI=1S/C22H26N6O4S/c1-23-20(30)15-4-3-9-27(11-15)22-26-19-18(33-22)21(31)28(13-25-19)12-17(29)24-10-14-5-7-16(32-2)8-6-14/h5-8,13,15H,3-4,9-12H2,1-2H3,(H,23,30)(H,24,29). The normalized spacial score (nSPS) is 15.9. The molecule has 3 aromatic rings. The molecule has 1 unspecified atom stereocenters. The monoisotopic (exact) mass is 470 g/mol. The highest BCUT2D eigenvalue weighted by Crippen LogP contribution is 2.29. The molecule has 0 aliphatic carbocycles. The van der Waals surface area contributed by atoms with Gasteiger partial charge in [0, 0.05) is 26.7 Å². The first-order valence-electron chi connectivity index (χ1n) is 10.7. The molecule has 0 radical (unpaired) electrons. The molecule has 0 spiro atoms. The number of amides is 2. The van der Waals surface area contributed by atoms with Crippen molar-refractivity contribution in [1.82, 2.24) is 25.2 Å². The average Bonchev–Trinajstić information content (AvgIpc) is 3.30. The zero-order valence-corrected chi connectivity index (χ0v) is 19.4. The zero-order chi connectivity index (χ0) is 23.4. The van der Waals surface area contributed by atoms with Crippen LogP contribution in [0.4, 0.5) is 5.13 Å². The molecule has 10 nitrogen and oxygen atoms in total. The number of ether oxygens (including phenoxy) is 1. The van der Waals surface area contributed by atoms with Crippen molar-refractivity contribution < 1.29 is 14.3 Å². The van der Waals surface area contributed by atoms with Crippen molar-refractivity contribution >= 4 is 38.6 Å². The molecule has 1 aliphatic rings. The average molecular weight is 471 g/mol. The highest BCUT2D eigenvalue weighted by atomic mass is 32.1. The van der Waals surface area contributed by atoms with Gasteiger partial charge in [-0.15, -0.1) is 0 Å². The summed E-state index contributed by atoms with van der Waals surface area (Å²) in [7, 11) is 3.23. The number of aromatic nitrogens is 3. The number of piperidine rings is 1. The first kappa shape index (κ1) is 22.7. The molecular formula is C22H26N6O4S. The predicted molar refractivity (Wildman–Crippen MR) is 126 cm³/mol. The van der Waals surface area contributed by atoms with Crippen LogP contribution in [-0.2, 0) is 22.7 Å². The molecule has 4 rings (SSSR count). The van der Waals surface area contributed by atoms with Crippen molar-refractivity contribution in [2.24, 2.45) is 5.92 Å². The van der Waals surface area contributed by atoms with Crippen LogP contribution in [0.25, 0.3) is 10.3 Å². The Hall–Kier alpha value is -3.47. The van der Waals surface area contributed by atoms with E-state index in [1.807, 2.05) is 29.2 Å². The lowest BCUT2D eigenvalue weighted by Gasteiger charge is -2.31. The Labute approximate surface area is 194 Å². The van der Waals surface area contributed by atoms with Gasteiger partial charge in [-0.25, -0.2) is 4.98 Å². The minimum atomic E-state index is -0.303. The maximum Gasteiger partial charge on any atom is 0.273 e. The number of anilines is 1. The smallest absolute Gasteiger partial charge is 0.273 e. The van der Waals surface area contributed by atoms with E-state index in [1.54, 1.807) is 14.2 Å². The third kappa shape index (κ3) is 5.14. The number of nitrogens with one attached hydrogen (secondary N) is 2. The number of hydrogen-bond acceptors (Lipinski definition) is 8. The van der Waals surface area contributed by atoms with Crippen molar-refractivity contribution in [2.75, 3.05) is 32.1 Å². The summed E-state index contributed by atoms with van der Waals surface area (Å²) in [6.45, 7) is 1.55. The second-order valence-electron chi connectivity index (χ2n) is 7.85. The molecule has 0 saturated carbocycles. The van der Waals surface area contributed by atoms with Gasteiger partial charge in [-0.3, -0.25) is 19.0 Å². The van der Waals surface area contributed by atoms with Gasteiger partial charge in [0.25, 0.3) is 5.56 Å². The van der Waals surface area contributed by atoms with Crippen molar-refractivity contribution in [1.29, 1.82) is 0 Å². The number of fused-ring (bicyclic) bond motifs is 1. The van der Waals surface area contributed by atoms with Gasteiger partial charge >= 0.3 is 0 Å². The number of benzene rings is 1. The molecule has 2 aromatic heterocycles. The van der Waals surface area contributed by atoms with Crippen molar-refractivity contribution in [3.05, 3.63) is 46.5 Å². The molecule has 3 heterocycles. The van der Waals surface area contributed by atoms with Crippen LogP contribution in [0.15, 0.2) is 35.4 Å². The molecule has 1 aliphatic heterocycles. The van der Waals surface area contributed by atoms with Gasteiger partial charge in [-0.1, -0.05) is 23.5 Å².